The van der Waals surface area contributed by atoms with E-state index in [1.54, 1.807) is 31.4 Å². The number of hydrogen-bond acceptors (Lipinski definition) is 4. The quantitative estimate of drug-likeness (QED) is 0.853. The van der Waals surface area contributed by atoms with E-state index in [2.05, 4.69) is 15.6 Å². The number of anilines is 1. The van der Waals surface area contributed by atoms with E-state index in [-0.39, 0.29) is 12.5 Å². The number of methoxy groups -OCH3 is 1. The Balaban J connectivity index is 1.75. The van der Waals surface area contributed by atoms with Crippen molar-refractivity contribution in [3.63, 3.8) is 0 Å². The summed E-state index contributed by atoms with van der Waals surface area (Å²) in [7, 11) is 1.61. The van der Waals surface area contributed by atoms with Gasteiger partial charge in [-0.2, -0.15) is 0 Å². The van der Waals surface area contributed by atoms with Crippen molar-refractivity contribution in [3.05, 3.63) is 53.9 Å². The number of nitrogens with zero attached hydrogens (tertiary/aromatic N) is 1. The number of rotatable bonds is 6. The lowest BCUT2D eigenvalue weighted by Crippen LogP contribution is -2.27. The Morgan fingerprint density at radius 2 is 1.95 bits per heavy atom. The Labute approximate surface area is 124 Å². The summed E-state index contributed by atoms with van der Waals surface area (Å²) in [6, 6.07) is 11.2. The highest BCUT2D eigenvalue weighted by Crippen LogP contribution is 2.14. The van der Waals surface area contributed by atoms with E-state index in [9.17, 15) is 4.79 Å². The summed E-state index contributed by atoms with van der Waals surface area (Å²) in [4.78, 5) is 16.0. The number of pyridine rings is 1. The average molecular weight is 285 g/mol. The fourth-order valence-electron chi connectivity index (χ4n) is 1.80. The van der Waals surface area contributed by atoms with Crippen LogP contribution in [0.25, 0.3) is 0 Å². The first kappa shape index (κ1) is 15.0. The van der Waals surface area contributed by atoms with Crippen LogP contribution in [0.5, 0.6) is 5.75 Å². The topological polar surface area (TPSA) is 63.2 Å². The maximum absolute atomic E-state index is 11.8. The van der Waals surface area contributed by atoms with Crippen LogP contribution in [0.3, 0.4) is 0 Å². The van der Waals surface area contributed by atoms with Gasteiger partial charge in [-0.05, 0) is 42.8 Å². The van der Waals surface area contributed by atoms with Gasteiger partial charge in [-0.1, -0.05) is 6.07 Å². The summed E-state index contributed by atoms with van der Waals surface area (Å²) >= 11 is 0. The Bertz CT molecular complexity index is 579. The molecule has 0 atom stereocenters. The first-order chi connectivity index (χ1) is 10.2. The van der Waals surface area contributed by atoms with Gasteiger partial charge >= 0.3 is 0 Å². The second-order valence-corrected chi connectivity index (χ2v) is 4.69. The standard InChI is InChI=1S/C16H19N3O2/c1-12-3-4-13(10-18-12)9-17-11-16(20)19-14-5-7-15(21-2)8-6-14/h3-8,10,17H,9,11H2,1-2H3,(H,19,20). The molecule has 110 valence electrons. The molecule has 2 rings (SSSR count). The number of aryl methyl sites for hydroxylation is 1. The third-order valence-corrected chi connectivity index (χ3v) is 2.96. The monoisotopic (exact) mass is 285 g/mol. The van der Waals surface area contributed by atoms with Crippen LogP contribution in [0.15, 0.2) is 42.6 Å². The molecule has 0 radical (unpaired) electrons. The van der Waals surface area contributed by atoms with Gasteiger partial charge in [0.05, 0.1) is 13.7 Å². The number of aromatic nitrogens is 1. The molecule has 1 aromatic carbocycles. The molecule has 0 aliphatic carbocycles. The highest BCUT2D eigenvalue weighted by Gasteiger charge is 2.02. The van der Waals surface area contributed by atoms with Crippen LogP contribution in [-0.4, -0.2) is 24.5 Å². The van der Waals surface area contributed by atoms with Crippen molar-refractivity contribution in [1.82, 2.24) is 10.3 Å². The second kappa shape index (κ2) is 7.40. The molecule has 0 bridgehead atoms. The zero-order chi connectivity index (χ0) is 15.1. The first-order valence-corrected chi connectivity index (χ1v) is 6.73. The Kier molecular flexibility index (Phi) is 5.29. The Morgan fingerprint density at radius 3 is 2.57 bits per heavy atom. The molecule has 0 unspecified atom stereocenters. The second-order valence-electron chi connectivity index (χ2n) is 4.69. The van der Waals surface area contributed by atoms with Crippen LogP contribution >= 0.6 is 0 Å². The molecule has 0 spiro atoms. The molecule has 5 heteroatoms. The molecule has 1 heterocycles. The Morgan fingerprint density at radius 1 is 1.19 bits per heavy atom. The van der Waals surface area contributed by atoms with Crippen molar-refractivity contribution < 1.29 is 9.53 Å². The maximum atomic E-state index is 11.8. The summed E-state index contributed by atoms with van der Waals surface area (Å²) in [5.41, 5.74) is 2.79. The third-order valence-electron chi connectivity index (χ3n) is 2.96. The molecule has 0 fully saturated rings. The average Bonchev–Trinajstić information content (AvgIpc) is 2.50. The van der Waals surface area contributed by atoms with E-state index in [4.69, 9.17) is 4.74 Å². The van der Waals surface area contributed by atoms with Crippen molar-refractivity contribution in [3.8, 4) is 5.75 Å². The van der Waals surface area contributed by atoms with Crippen molar-refractivity contribution in [2.75, 3.05) is 19.0 Å². The van der Waals surface area contributed by atoms with E-state index in [0.717, 1.165) is 22.7 Å². The molecule has 0 aliphatic heterocycles. The van der Waals surface area contributed by atoms with Crippen LogP contribution in [0.1, 0.15) is 11.3 Å². The molecule has 1 amide bonds. The van der Waals surface area contributed by atoms with Gasteiger partial charge in [0.25, 0.3) is 0 Å². The van der Waals surface area contributed by atoms with Gasteiger partial charge in [-0.25, -0.2) is 0 Å². The van der Waals surface area contributed by atoms with Gasteiger partial charge in [-0.3, -0.25) is 9.78 Å². The summed E-state index contributed by atoms with van der Waals surface area (Å²) < 4.78 is 5.07. The SMILES string of the molecule is COc1ccc(NC(=O)CNCc2ccc(C)nc2)cc1. The fourth-order valence-corrected chi connectivity index (χ4v) is 1.80. The van der Waals surface area contributed by atoms with Crippen LogP contribution < -0.4 is 15.4 Å². The lowest BCUT2D eigenvalue weighted by Gasteiger charge is -2.07. The van der Waals surface area contributed by atoms with Crippen molar-refractivity contribution in [1.29, 1.82) is 0 Å². The molecular weight excluding hydrogens is 266 g/mol. The third kappa shape index (κ3) is 4.89. The van der Waals surface area contributed by atoms with E-state index < -0.39 is 0 Å². The predicted octanol–water partition coefficient (Wildman–Crippen LogP) is 2.13. The van der Waals surface area contributed by atoms with Gasteiger partial charge < -0.3 is 15.4 Å². The Hall–Kier alpha value is -2.40. The molecule has 21 heavy (non-hydrogen) atoms. The minimum Gasteiger partial charge on any atom is -0.497 e. The smallest absolute Gasteiger partial charge is 0.238 e. The van der Waals surface area contributed by atoms with E-state index in [1.807, 2.05) is 25.3 Å². The molecule has 0 saturated carbocycles. The minimum atomic E-state index is -0.0831. The number of carbonyl (C=O) groups excluding carboxylic acids is 1. The van der Waals surface area contributed by atoms with Gasteiger partial charge in [-0.15, -0.1) is 0 Å². The van der Waals surface area contributed by atoms with Gasteiger partial charge in [0.1, 0.15) is 5.75 Å². The number of hydrogen-bond donors (Lipinski definition) is 2. The molecule has 1 aromatic heterocycles. The highest BCUT2D eigenvalue weighted by atomic mass is 16.5. The molecule has 5 nitrogen and oxygen atoms in total. The lowest BCUT2D eigenvalue weighted by atomic mass is 10.2. The van der Waals surface area contributed by atoms with Crippen molar-refractivity contribution >= 4 is 11.6 Å². The summed E-state index contributed by atoms with van der Waals surface area (Å²) in [6.45, 7) is 2.81. The fraction of sp³-hybridized carbons (Fsp3) is 0.250. The van der Waals surface area contributed by atoms with Crippen LogP contribution in [0, 0.1) is 6.92 Å². The number of carbonyl (C=O) groups is 1. The van der Waals surface area contributed by atoms with E-state index in [0.29, 0.717) is 6.54 Å². The van der Waals surface area contributed by atoms with Gasteiger partial charge in [0.2, 0.25) is 5.91 Å². The predicted molar refractivity (Wildman–Crippen MR) is 82.3 cm³/mol. The first-order valence-electron chi connectivity index (χ1n) is 6.73. The zero-order valence-electron chi connectivity index (χ0n) is 12.2. The largest absolute Gasteiger partial charge is 0.497 e. The summed E-state index contributed by atoms with van der Waals surface area (Å²) in [5, 5.41) is 5.90. The van der Waals surface area contributed by atoms with Gasteiger partial charge in [0, 0.05) is 24.1 Å². The number of amides is 1. The van der Waals surface area contributed by atoms with Gasteiger partial charge in [0.15, 0.2) is 0 Å². The minimum absolute atomic E-state index is 0.0831. The van der Waals surface area contributed by atoms with Crippen LogP contribution in [0.4, 0.5) is 5.69 Å². The molecule has 2 aromatic rings. The normalized spacial score (nSPS) is 10.2. The number of benzene rings is 1. The number of ether oxygens (including phenoxy) is 1. The molecule has 2 N–H and O–H groups in total. The molecule has 0 saturated heterocycles. The summed E-state index contributed by atoms with van der Waals surface area (Å²) in [6.07, 6.45) is 1.81. The van der Waals surface area contributed by atoms with E-state index in [1.165, 1.54) is 0 Å². The highest BCUT2D eigenvalue weighted by molar-refractivity contribution is 5.92. The molecular formula is C16H19N3O2. The maximum Gasteiger partial charge on any atom is 0.238 e. The molecule has 0 aliphatic rings. The van der Waals surface area contributed by atoms with Crippen LogP contribution in [0.2, 0.25) is 0 Å². The van der Waals surface area contributed by atoms with Crippen molar-refractivity contribution in [2.45, 2.75) is 13.5 Å². The summed E-state index contributed by atoms with van der Waals surface area (Å²) in [5.74, 6) is 0.679. The van der Waals surface area contributed by atoms with E-state index >= 15 is 0 Å². The number of nitrogens with one attached hydrogen (secondary N) is 2. The zero-order valence-corrected chi connectivity index (χ0v) is 12.2. The van der Waals surface area contributed by atoms with Crippen LogP contribution in [-0.2, 0) is 11.3 Å². The lowest BCUT2D eigenvalue weighted by molar-refractivity contribution is -0.115. The van der Waals surface area contributed by atoms with Crippen molar-refractivity contribution in [2.24, 2.45) is 0 Å².